The number of carbonyl (C=O) groups excluding carboxylic acids is 2. The largest absolute Gasteiger partial charge is 0.462 e. The highest BCUT2D eigenvalue weighted by molar-refractivity contribution is 5.79. The van der Waals surface area contributed by atoms with Gasteiger partial charge in [-0.15, -0.1) is 0 Å². The summed E-state index contributed by atoms with van der Waals surface area (Å²) in [5.41, 5.74) is 7.16. The Balaban J connectivity index is 0.000000295. The quantitative estimate of drug-likeness (QED) is 0.646. The van der Waals surface area contributed by atoms with Crippen molar-refractivity contribution < 1.29 is 14.3 Å². The maximum atomic E-state index is 11.5. The van der Waals surface area contributed by atoms with Gasteiger partial charge in [0.25, 0.3) is 6.47 Å². The molecule has 6 nitrogen and oxygen atoms in total. The van der Waals surface area contributed by atoms with Crippen molar-refractivity contribution in [1.82, 2.24) is 10.2 Å². The summed E-state index contributed by atoms with van der Waals surface area (Å²) in [5, 5.41) is 3.05. The number of piperazine rings is 1. The third-order valence-electron chi connectivity index (χ3n) is 2.94. The van der Waals surface area contributed by atoms with Gasteiger partial charge in [0, 0.05) is 25.3 Å². The second-order valence-electron chi connectivity index (χ2n) is 6.06. The normalized spacial score (nSPS) is 14.9. The summed E-state index contributed by atoms with van der Waals surface area (Å²) in [6.07, 6.45) is 0. The first kappa shape index (κ1) is 18.0. The van der Waals surface area contributed by atoms with Crippen LogP contribution in [0.4, 0.5) is 5.69 Å². The van der Waals surface area contributed by atoms with Gasteiger partial charge in [-0.3, -0.25) is 9.59 Å². The molecule has 0 atom stereocenters. The van der Waals surface area contributed by atoms with Gasteiger partial charge < -0.3 is 20.7 Å². The van der Waals surface area contributed by atoms with Crippen molar-refractivity contribution in [2.24, 2.45) is 0 Å². The molecule has 0 aliphatic carbocycles. The Morgan fingerprint density at radius 3 is 2.41 bits per heavy atom. The molecule has 1 aromatic carbocycles. The second-order valence-corrected chi connectivity index (χ2v) is 6.06. The van der Waals surface area contributed by atoms with Crippen LogP contribution in [0, 0.1) is 0 Å². The van der Waals surface area contributed by atoms with Gasteiger partial charge in [-0.1, -0.05) is 12.1 Å². The minimum atomic E-state index is -0.318. The van der Waals surface area contributed by atoms with Crippen molar-refractivity contribution in [3.05, 3.63) is 29.8 Å². The Hall–Kier alpha value is -2.08. The fourth-order valence-electron chi connectivity index (χ4n) is 1.80. The van der Waals surface area contributed by atoms with Crippen LogP contribution in [-0.4, -0.2) is 42.5 Å². The van der Waals surface area contributed by atoms with Crippen LogP contribution in [0.1, 0.15) is 26.3 Å². The number of amides is 1. The lowest BCUT2D eigenvalue weighted by molar-refractivity contribution is -0.138. The molecule has 0 aromatic heterocycles. The summed E-state index contributed by atoms with van der Waals surface area (Å²) in [4.78, 5) is 23.0. The van der Waals surface area contributed by atoms with E-state index in [1.807, 2.05) is 49.9 Å². The van der Waals surface area contributed by atoms with E-state index in [0.717, 1.165) is 24.3 Å². The minimum absolute atomic E-state index is 0.165. The highest BCUT2D eigenvalue weighted by atomic mass is 16.5. The van der Waals surface area contributed by atoms with Crippen LogP contribution in [0.15, 0.2) is 24.3 Å². The molecule has 6 heteroatoms. The average molecular weight is 307 g/mol. The van der Waals surface area contributed by atoms with Gasteiger partial charge in [0.2, 0.25) is 5.91 Å². The molecular weight excluding hydrogens is 282 g/mol. The molecule has 1 aliphatic rings. The molecule has 1 saturated heterocycles. The lowest BCUT2D eigenvalue weighted by Crippen LogP contribution is -2.47. The van der Waals surface area contributed by atoms with E-state index in [9.17, 15) is 9.59 Å². The highest BCUT2D eigenvalue weighted by Crippen LogP contribution is 2.09. The zero-order valence-corrected chi connectivity index (χ0v) is 13.5. The maximum absolute atomic E-state index is 11.5. The summed E-state index contributed by atoms with van der Waals surface area (Å²) < 4.78 is 4.55. The molecule has 1 fully saturated rings. The van der Waals surface area contributed by atoms with Crippen molar-refractivity contribution in [2.45, 2.75) is 32.9 Å². The number of nitrogens with one attached hydrogen (secondary N) is 1. The van der Waals surface area contributed by atoms with Crippen LogP contribution in [-0.2, 0) is 20.9 Å². The zero-order valence-electron chi connectivity index (χ0n) is 13.5. The van der Waals surface area contributed by atoms with Crippen LogP contribution in [0.25, 0.3) is 0 Å². The first-order valence-electron chi connectivity index (χ1n) is 7.26. The van der Waals surface area contributed by atoms with Crippen molar-refractivity contribution in [2.75, 3.05) is 25.4 Å². The number of ether oxygens (including phenoxy) is 1. The van der Waals surface area contributed by atoms with Crippen LogP contribution in [0.2, 0.25) is 0 Å². The monoisotopic (exact) mass is 307 g/mol. The Labute approximate surface area is 131 Å². The number of nitrogens with two attached hydrogens (primary N) is 1. The summed E-state index contributed by atoms with van der Waals surface area (Å²) in [7, 11) is 0. The fourth-order valence-corrected chi connectivity index (χ4v) is 1.80. The standard InChI is InChI=1S/C11H15N3O.C5H10O2/c12-10-3-1-9(2-4-10)8-14-6-5-13-7-11(14)15;1-5(2,3)7-4-6/h1-4,13H,5-8,12H2;4H,1-3H3. The molecule has 1 amide bonds. The number of anilines is 1. The first-order chi connectivity index (χ1) is 10.3. The lowest BCUT2D eigenvalue weighted by Gasteiger charge is -2.27. The topological polar surface area (TPSA) is 84.7 Å². The molecule has 1 aromatic rings. The Morgan fingerprint density at radius 2 is 1.95 bits per heavy atom. The van der Waals surface area contributed by atoms with E-state index < -0.39 is 0 Å². The SMILES string of the molecule is CC(C)(C)OC=O.Nc1ccc(CN2CCNCC2=O)cc1. The Bertz CT molecular complexity index is 480. The minimum Gasteiger partial charge on any atom is -0.462 e. The number of hydrogen-bond acceptors (Lipinski definition) is 5. The zero-order chi connectivity index (χ0) is 16.6. The van der Waals surface area contributed by atoms with Crippen molar-refractivity contribution in [1.29, 1.82) is 0 Å². The number of rotatable bonds is 3. The smallest absolute Gasteiger partial charge is 0.293 e. The average Bonchev–Trinajstić information content (AvgIpc) is 2.43. The van der Waals surface area contributed by atoms with Crippen molar-refractivity contribution in [3.63, 3.8) is 0 Å². The van der Waals surface area contributed by atoms with Crippen molar-refractivity contribution >= 4 is 18.1 Å². The number of benzene rings is 1. The first-order valence-corrected chi connectivity index (χ1v) is 7.26. The second kappa shape index (κ2) is 8.38. The molecule has 0 unspecified atom stereocenters. The predicted molar refractivity (Wildman–Crippen MR) is 86.0 cm³/mol. The van der Waals surface area contributed by atoms with Crippen LogP contribution >= 0.6 is 0 Å². The number of carbonyl (C=O) groups is 2. The van der Waals surface area contributed by atoms with E-state index in [-0.39, 0.29) is 11.5 Å². The summed E-state index contributed by atoms with van der Waals surface area (Å²) >= 11 is 0. The number of hydrogen-bond donors (Lipinski definition) is 2. The van der Waals surface area contributed by atoms with E-state index in [1.54, 1.807) is 0 Å². The number of nitrogens with zero attached hydrogens (tertiary/aromatic N) is 1. The molecule has 0 saturated carbocycles. The van der Waals surface area contributed by atoms with E-state index in [4.69, 9.17) is 5.73 Å². The molecule has 2 rings (SSSR count). The molecule has 1 aliphatic heterocycles. The molecule has 0 spiro atoms. The molecule has 0 bridgehead atoms. The van der Waals surface area contributed by atoms with Gasteiger partial charge in [-0.2, -0.15) is 0 Å². The van der Waals surface area contributed by atoms with Crippen LogP contribution in [0.3, 0.4) is 0 Å². The van der Waals surface area contributed by atoms with Gasteiger partial charge >= 0.3 is 0 Å². The van der Waals surface area contributed by atoms with E-state index in [0.29, 0.717) is 19.6 Å². The van der Waals surface area contributed by atoms with Gasteiger partial charge in [0.1, 0.15) is 5.60 Å². The Kier molecular flexibility index (Phi) is 6.85. The fraction of sp³-hybridized carbons (Fsp3) is 0.500. The molecule has 1 heterocycles. The lowest BCUT2D eigenvalue weighted by atomic mass is 10.2. The van der Waals surface area contributed by atoms with E-state index in [2.05, 4.69) is 10.1 Å². The highest BCUT2D eigenvalue weighted by Gasteiger charge is 2.17. The predicted octanol–water partition coefficient (Wildman–Crippen LogP) is 1.16. The van der Waals surface area contributed by atoms with Crippen molar-refractivity contribution in [3.8, 4) is 0 Å². The summed E-state index contributed by atoms with van der Waals surface area (Å²) in [6, 6.07) is 7.65. The molecule has 22 heavy (non-hydrogen) atoms. The van der Waals surface area contributed by atoms with Gasteiger partial charge in [0.15, 0.2) is 0 Å². The maximum Gasteiger partial charge on any atom is 0.293 e. The number of nitrogen functional groups attached to an aromatic ring is 1. The van der Waals surface area contributed by atoms with Crippen LogP contribution < -0.4 is 11.1 Å². The summed E-state index contributed by atoms with van der Waals surface area (Å²) in [6.45, 7) is 8.71. The summed E-state index contributed by atoms with van der Waals surface area (Å²) in [5.74, 6) is 0.165. The molecular formula is C16H25N3O3. The van der Waals surface area contributed by atoms with Gasteiger partial charge in [-0.25, -0.2) is 0 Å². The van der Waals surface area contributed by atoms with Crippen LogP contribution in [0.5, 0.6) is 0 Å². The third kappa shape index (κ3) is 7.08. The van der Waals surface area contributed by atoms with Gasteiger partial charge in [-0.05, 0) is 38.5 Å². The third-order valence-corrected chi connectivity index (χ3v) is 2.94. The molecule has 0 radical (unpaired) electrons. The Morgan fingerprint density at radius 1 is 1.32 bits per heavy atom. The molecule has 3 N–H and O–H groups in total. The van der Waals surface area contributed by atoms with E-state index >= 15 is 0 Å². The molecule has 122 valence electrons. The van der Waals surface area contributed by atoms with E-state index in [1.165, 1.54) is 0 Å². The van der Waals surface area contributed by atoms with Gasteiger partial charge in [0.05, 0.1) is 6.54 Å².